The van der Waals surface area contributed by atoms with Crippen molar-refractivity contribution in [3.63, 3.8) is 0 Å². The van der Waals surface area contributed by atoms with Crippen LogP contribution in [0, 0.1) is 11.3 Å². The number of carbonyl (C=O) groups excluding carboxylic acids is 1. The molecule has 10 heteroatoms. The monoisotopic (exact) mass is 583 g/mol. The molecule has 4 aliphatic carbocycles. The molecule has 3 aliphatic heterocycles. The van der Waals surface area contributed by atoms with E-state index >= 15 is 0 Å². The largest absolute Gasteiger partial charge is 1.00 e. The Morgan fingerprint density at radius 2 is 1.88 bits per heavy atom. The van der Waals surface area contributed by atoms with Gasteiger partial charge in [-0.25, -0.2) is 13.2 Å². The number of hydrogen-bond acceptors (Lipinski definition) is 7. The van der Waals surface area contributed by atoms with Crippen LogP contribution in [0.25, 0.3) is 0 Å². The molecule has 2 aromatic rings. The van der Waals surface area contributed by atoms with Crippen molar-refractivity contribution in [2.24, 2.45) is 11.3 Å². The first-order valence-electron chi connectivity index (χ1n) is 13.3. The van der Waals surface area contributed by atoms with Crippen LogP contribution in [-0.2, 0) is 26.4 Å². The Hall–Kier alpha value is -2.85. The number of likely N-dealkylation sites (tertiary alicyclic amines) is 1. The second-order valence-corrected chi connectivity index (χ2v) is 14.0. The van der Waals surface area contributed by atoms with E-state index in [4.69, 9.17) is 14.2 Å². The Labute approximate surface area is 239 Å². The van der Waals surface area contributed by atoms with Gasteiger partial charge in [-0.15, -0.1) is 0 Å². The number of halogens is 1. The molecule has 40 heavy (non-hydrogen) atoms. The topological polar surface area (TPSA) is 99.1 Å². The normalized spacial score (nSPS) is 41.7. The number of hydrogen-bond donors (Lipinski definition) is 1. The van der Waals surface area contributed by atoms with Crippen LogP contribution in [0.5, 0.6) is 11.5 Å². The minimum atomic E-state index is -3.91. The molecule has 1 unspecified atom stereocenters. The molecule has 1 saturated heterocycles. The summed E-state index contributed by atoms with van der Waals surface area (Å²) in [6.45, 7) is 0.514. The van der Waals surface area contributed by atoms with E-state index < -0.39 is 49.6 Å². The summed E-state index contributed by atoms with van der Waals surface area (Å²) in [4.78, 5) is 14.4. The maximum absolute atomic E-state index is 14.4. The Bertz CT molecular complexity index is 1660. The highest BCUT2D eigenvalue weighted by molar-refractivity contribution is 7.95. The van der Waals surface area contributed by atoms with Crippen molar-refractivity contribution in [1.29, 1.82) is 0 Å². The molecule has 1 saturated carbocycles. The van der Waals surface area contributed by atoms with Crippen LogP contribution in [0.2, 0.25) is 0 Å². The molecular formula is C30H30ClNO7S. The minimum Gasteiger partial charge on any atom is -1.00 e. The van der Waals surface area contributed by atoms with Gasteiger partial charge < -0.3 is 31.7 Å². The van der Waals surface area contributed by atoms with Gasteiger partial charge in [0.15, 0.2) is 21.3 Å². The molecular weight excluding hydrogens is 554 g/mol. The average molecular weight is 584 g/mol. The third kappa shape index (κ3) is 2.46. The highest BCUT2D eigenvalue weighted by Crippen LogP contribution is 2.77. The first-order chi connectivity index (χ1) is 18.6. The molecule has 2 fully saturated rings. The van der Waals surface area contributed by atoms with Crippen molar-refractivity contribution in [1.82, 2.24) is 0 Å². The number of piperidine rings is 1. The predicted molar refractivity (Wildman–Crippen MR) is 141 cm³/mol. The van der Waals surface area contributed by atoms with Crippen LogP contribution in [0.15, 0.2) is 65.8 Å². The molecule has 1 N–H and O–H groups in total. The van der Waals surface area contributed by atoms with Gasteiger partial charge in [-0.05, 0) is 23.8 Å². The summed E-state index contributed by atoms with van der Waals surface area (Å²) in [6, 6.07) is 12.8. The number of likely N-dealkylation sites (N-methyl/N-ethyl adjacent to an activating group) is 1. The molecule has 7 aliphatic rings. The number of rotatable bonds is 3. The standard InChI is InChI=1S/C30H29NO7S.ClH/c1-31(26(33)17-7-5-4-6-8-17)14-13-29-22-18-9-10-20(36-2)24(22)38-27(29)30(37-3)12-11-28(29,21(31)15-18)25-23(30)19(32)16-39(25,34)35;/h4-12,16,21,23,25,27H,13-15H2,1-3H3;1H/t21-,23-,25+,27-,28+,29+,30-,31?;/m1./s1. The number of nitrogens with zero attached hydrogens (tertiary/aromatic N) is 1. The number of ether oxygens (including phenoxy) is 3. The molecule has 8 nitrogen and oxygen atoms in total. The lowest BCUT2D eigenvalue weighted by atomic mass is 9.36. The molecule has 8 atom stereocenters. The lowest BCUT2D eigenvalue weighted by Gasteiger charge is -2.72. The van der Waals surface area contributed by atoms with Crippen LogP contribution in [0.4, 0.5) is 0 Å². The van der Waals surface area contributed by atoms with Gasteiger partial charge in [0.1, 0.15) is 23.5 Å². The fraction of sp³-hybridized carbons (Fsp3) is 0.433. The molecule has 0 aromatic heterocycles. The van der Waals surface area contributed by atoms with E-state index in [0.717, 1.165) is 16.5 Å². The number of methoxy groups -OCH3 is 2. The number of amides is 1. The Morgan fingerprint density at radius 1 is 1.12 bits per heavy atom. The number of benzene rings is 2. The molecule has 2 spiro atoms. The fourth-order valence-corrected chi connectivity index (χ4v) is 12.1. The highest BCUT2D eigenvalue weighted by atomic mass is 35.5. The zero-order chi connectivity index (χ0) is 27.2. The van der Waals surface area contributed by atoms with Crippen molar-refractivity contribution >= 4 is 15.7 Å². The second kappa shape index (κ2) is 7.70. The molecule has 1 amide bonds. The molecule has 0 radical (unpaired) electrons. The summed E-state index contributed by atoms with van der Waals surface area (Å²) in [5.74, 6) is 0.119. The van der Waals surface area contributed by atoms with E-state index in [1.807, 2.05) is 61.7 Å². The number of carbonyl (C=O) groups is 1. The number of aliphatic hydroxyl groups is 1. The predicted octanol–water partition coefficient (Wildman–Crippen LogP) is 0.0810. The SMILES string of the molecule is COc1ccc2c3c1O[C@H]1[C@@]4(OC)C=C[C@]5([C@@H](C2)[N+](C)(C(=O)c2ccccc2)CC[C@]315)[C@@H]1[C@H]4C(O)=CS1(=O)=O.[Cl-]. The van der Waals surface area contributed by atoms with E-state index in [9.17, 15) is 18.3 Å². The molecule has 4 bridgehead atoms. The molecule has 9 rings (SSSR count). The third-order valence-corrected chi connectivity index (χ3v) is 13.0. The van der Waals surface area contributed by atoms with Crippen LogP contribution >= 0.6 is 0 Å². The summed E-state index contributed by atoms with van der Waals surface area (Å²) >= 11 is 0. The highest BCUT2D eigenvalue weighted by Gasteiger charge is 2.88. The van der Waals surface area contributed by atoms with Crippen molar-refractivity contribution < 1.29 is 49.4 Å². The molecule has 210 valence electrons. The van der Waals surface area contributed by atoms with Gasteiger partial charge in [-0.3, -0.25) is 4.48 Å². The van der Waals surface area contributed by atoms with E-state index in [0.29, 0.717) is 36.4 Å². The number of aliphatic hydroxyl groups excluding tert-OH is 1. The van der Waals surface area contributed by atoms with E-state index in [2.05, 4.69) is 0 Å². The Morgan fingerprint density at radius 3 is 2.58 bits per heavy atom. The van der Waals surface area contributed by atoms with Gasteiger partial charge in [0.05, 0.1) is 53.7 Å². The summed E-state index contributed by atoms with van der Waals surface area (Å²) < 4.78 is 47.0. The van der Waals surface area contributed by atoms with Gasteiger partial charge in [-0.2, -0.15) is 0 Å². The van der Waals surface area contributed by atoms with Crippen molar-refractivity contribution in [2.75, 3.05) is 27.8 Å². The minimum absolute atomic E-state index is 0. The van der Waals surface area contributed by atoms with E-state index in [-0.39, 0.29) is 28.6 Å². The second-order valence-electron chi connectivity index (χ2n) is 12.1. The summed E-state index contributed by atoms with van der Waals surface area (Å²) in [7, 11) is 1.19. The number of sulfone groups is 1. The zero-order valence-corrected chi connectivity index (χ0v) is 23.9. The van der Waals surface area contributed by atoms with Gasteiger partial charge in [0.2, 0.25) is 0 Å². The van der Waals surface area contributed by atoms with Crippen molar-refractivity contribution in [3.8, 4) is 11.5 Å². The van der Waals surface area contributed by atoms with Crippen molar-refractivity contribution in [2.45, 2.75) is 41.3 Å². The van der Waals surface area contributed by atoms with Crippen LogP contribution < -0.4 is 21.9 Å². The smallest absolute Gasteiger partial charge is 0.345 e. The lowest BCUT2D eigenvalue weighted by Crippen LogP contribution is -3.00. The lowest BCUT2D eigenvalue weighted by molar-refractivity contribution is -0.873. The Balaban J connectivity index is 0.00000264. The average Bonchev–Trinajstić information content (AvgIpc) is 3.44. The maximum Gasteiger partial charge on any atom is 0.345 e. The van der Waals surface area contributed by atoms with E-state index in [1.165, 1.54) is 0 Å². The zero-order valence-electron chi connectivity index (χ0n) is 22.3. The van der Waals surface area contributed by atoms with Gasteiger partial charge >= 0.3 is 5.91 Å². The van der Waals surface area contributed by atoms with Crippen LogP contribution in [0.3, 0.4) is 0 Å². The third-order valence-electron chi connectivity index (χ3n) is 11.0. The summed E-state index contributed by atoms with van der Waals surface area (Å²) in [6.07, 6.45) is 4.35. The van der Waals surface area contributed by atoms with Gasteiger partial charge in [0, 0.05) is 25.5 Å². The first kappa shape index (κ1) is 26.1. The fourth-order valence-electron chi connectivity index (χ4n) is 9.71. The Kier molecular flexibility index (Phi) is 5.02. The number of quaternary nitrogens is 1. The van der Waals surface area contributed by atoms with Crippen molar-refractivity contribution in [3.05, 3.63) is 82.5 Å². The van der Waals surface area contributed by atoms with E-state index in [1.54, 1.807) is 14.2 Å². The first-order valence-corrected chi connectivity index (χ1v) is 15.0. The van der Waals surface area contributed by atoms with Crippen LogP contribution in [-0.4, -0.2) is 74.7 Å². The van der Waals surface area contributed by atoms with Gasteiger partial charge in [-0.1, -0.05) is 36.4 Å². The maximum atomic E-state index is 14.4. The van der Waals surface area contributed by atoms with Crippen LogP contribution in [0.1, 0.15) is 27.9 Å². The molecule has 3 heterocycles. The summed E-state index contributed by atoms with van der Waals surface area (Å²) in [5, 5.41) is 11.3. The quantitative estimate of drug-likeness (QED) is 0.404. The molecule has 2 aromatic carbocycles. The van der Waals surface area contributed by atoms with Gasteiger partial charge in [0.25, 0.3) is 0 Å². The summed E-state index contributed by atoms with van der Waals surface area (Å²) in [5.41, 5.74) is -0.380.